The van der Waals surface area contributed by atoms with E-state index in [0.717, 1.165) is 24.8 Å². The van der Waals surface area contributed by atoms with Crippen LogP contribution in [0.25, 0.3) is 10.9 Å². The maximum absolute atomic E-state index is 13.3. The molecule has 1 fully saturated rings. The van der Waals surface area contributed by atoms with E-state index in [-0.39, 0.29) is 12.0 Å². The lowest BCUT2D eigenvalue weighted by Crippen LogP contribution is -2.43. The van der Waals surface area contributed by atoms with Gasteiger partial charge in [-0.1, -0.05) is 12.1 Å². The van der Waals surface area contributed by atoms with Crippen LogP contribution >= 0.6 is 0 Å². The Bertz CT molecular complexity index is 869. The minimum atomic E-state index is -2.72. The third kappa shape index (κ3) is 5.31. The number of ether oxygens (including phenoxy) is 1. The zero-order valence-electron chi connectivity index (χ0n) is 17.4. The summed E-state index contributed by atoms with van der Waals surface area (Å²) in [6, 6.07) is 7.22. The topological polar surface area (TPSA) is 58.6 Å². The number of hydrogen-bond donors (Lipinski definition) is 0. The molecule has 1 saturated heterocycles. The van der Waals surface area contributed by atoms with Gasteiger partial charge in [-0.15, -0.1) is 0 Å². The lowest BCUT2D eigenvalue weighted by Gasteiger charge is -2.36. The number of alkyl halides is 2. The van der Waals surface area contributed by atoms with E-state index in [1.165, 1.54) is 0 Å². The fraction of sp³-hybridized carbons (Fsp3) is 0.571. The highest BCUT2D eigenvalue weighted by atomic mass is 19.3. The average Bonchev–Trinajstić information content (AvgIpc) is 2.66. The molecule has 1 aromatic carbocycles. The molecule has 1 aromatic heterocycles. The largest absolute Gasteiger partial charge is 0.444 e. The summed E-state index contributed by atoms with van der Waals surface area (Å²) in [6.45, 7) is 7.41. The van der Waals surface area contributed by atoms with Gasteiger partial charge in [0.05, 0.1) is 5.52 Å². The Morgan fingerprint density at radius 3 is 2.72 bits per heavy atom. The van der Waals surface area contributed by atoms with Crippen molar-refractivity contribution in [1.29, 1.82) is 0 Å². The maximum atomic E-state index is 13.3. The molecule has 2 aromatic rings. The molecule has 1 amide bonds. The number of piperidine rings is 1. The molecule has 0 spiro atoms. The van der Waals surface area contributed by atoms with Crippen LogP contribution in [0.5, 0.6) is 0 Å². The van der Waals surface area contributed by atoms with Crippen LogP contribution in [-0.2, 0) is 4.74 Å². The Morgan fingerprint density at radius 1 is 1.31 bits per heavy atom. The van der Waals surface area contributed by atoms with Gasteiger partial charge in [0, 0.05) is 32.1 Å². The summed E-state index contributed by atoms with van der Waals surface area (Å²) in [5.41, 5.74) is -0.0315. The standard InChI is InChI=1S/C21H28F2N4O2/c1-21(2,3)29-20(28)26(4)12-14-8-7-11-27(13-14)19-15-9-5-6-10-16(15)24-18(25-19)17(22)23/h5-6,9-10,14,17H,7-8,11-13H2,1-4H3. The summed E-state index contributed by atoms with van der Waals surface area (Å²) in [5, 5.41) is 0.762. The highest BCUT2D eigenvalue weighted by Crippen LogP contribution is 2.30. The number of rotatable bonds is 4. The van der Waals surface area contributed by atoms with Crippen molar-refractivity contribution >= 4 is 22.8 Å². The first kappa shape index (κ1) is 21.2. The number of anilines is 1. The lowest BCUT2D eigenvalue weighted by molar-refractivity contribution is 0.0269. The van der Waals surface area contributed by atoms with Gasteiger partial charge >= 0.3 is 6.09 Å². The van der Waals surface area contributed by atoms with Crippen LogP contribution in [0.1, 0.15) is 45.9 Å². The zero-order valence-corrected chi connectivity index (χ0v) is 17.4. The molecule has 1 aliphatic rings. The summed E-state index contributed by atoms with van der Waals surface area (Å²) in [7, 11) is 1.72. The van der Waals surface area contributed by atoms with Gasteiger partial charge in [0.15, 0.2) is 5.82 Å². The summed E-state index contributed by atoms with van der Waals surface area (Å²) >= 11 is 0. The number of carbonyl (C=O) groups excluding carboxylic acids is 1. The molecule has 29 heavy (non-hydrogen) atoms. The monoisotopic (exact) mass is 406 g/mol. The van der Waals surface area contributed by atoms with E-state index in [4.69, 9.17) is 4.74 Å². The number of fused-ring (bicyclic) bond motifs is 1. The normalized spacial score (nSPS) is 17.6. The van der Waals surface area contributed by atoms with Crippen LogP contribution in [-0.4, -0.2) is 53.2 Å². The molecule has 1 atom stereocenters. The van der Waals surface area contributed by atoms with E-state index < -0.39 is 17.9 Å². The molecule has 3 rings (SSSR count). The Balaban J connectivity index is 1.78. The van der Waals surface area contributed by atoms with Crippen LogP contribution in [0.15, 0.2) is 24.3 Å². The van der Waals surface area contributed by atoms with Crippen molar-refractivity contribution in [3.63, 3.8) is 0 Å². The van der Waals surface area contributed by atoms with Gasteiger partial charge < -0.3 is 14.5 Å². The zero-order chi connectivity index (χ0) is 21.2. The summed E-state index contributed by atoms with van der Waals surface area (Å²) in [6.07, 6.45) is -1.23. The van der Waals surface area contributed by atoms with Gasteiger partial charge in [-0.2, -0.15) is 0 Å². The molecule has 2 heterocycles. The molecule has 0 radical (unpaired) electrons. The van der Waals surface area contributed by atoms with Crippen LogP contribution in [0, 0.1) is 5.92 Å². The first-order valence-electron chi connectivity index (χ1n) is 9.88. The fourth-order valence-electron chi connectivity index (χ4n) is 3.62. The predicted octanol–water partition coefficient (Wildman–Crippen LogP) is 4.65. The van der Waals surface area contributed by atoms with Gasteiger partial charge in [-0.05, 0) is 51.7 Å². The van der Waals surface area contributed by atoms with Crippen molar-refractivity contribution in [2.45, 2.75) is 45.6 Å². The van der Waals surface area contributed by atoms with Crippen molar-refractivity contribution < 1.29 is 18.3 Å². The van der Waals surface area contributed by atoms with E-state index in [0.29, 0.717) is 24.4 Å². The van der Waals surface area contributed by atoms with E-state index >= 15 is 0 Å². The minimum Gasteiger partial charge on any atom is -0.444 e. The second-order valence-corrected chi connectivity index (χ2v) is 8.54. The van der Waals surface area contributed by atoms with Crippen molar-refractivity contribution in [3.05, 3.63) is 30.1 Å². The van der Waals surface area contributed by atoms with Crippen molar-refractivity contribution in [2.75, 3.05) is 31.6 Å². The number of para-hydroxylation sites is 1. The number of halogens is 2. The van der Waals surface area contributed by atoms with Gasteiger partial charge in [0.2, 0.25) is 0 Å². The first-order chi connectivity index (χ1) is 13.6. The maximum Gasteiger partial charge on any atom is 0.410 e. The first-order valence-corrected chi connectivity index (χ1v) is 9.88. The van der Waals surface area contributed by atoms with Gasteiger partial charge in [-0.25, -0.2) is 23.5 Å². The SMILES string of the molecule is CN(CC1CCCN(c2nc(C(F)F)nc3ccccc23)C1)C(=O)OC(C)(C)C. The van der Waals surface area contributed by atoms with E-state index in [1.807, 2.05) is 37.8 Å². The molecule has 0 N–H and O–H groups in total. The number of nitrogens with zero attached hydrogens (tertiary/aromatic N) is 4. The number of hydrogen-bond acceptors (Lipinski definition) is 5. The molecule has 6 nitrogen and oxygen atoms in total. The number of amides is 1. The molecular weight excluding hydrogens is 378 g/mol. The minimum absolute atomic E-state index is 0.199. The Kier molecular flexibility index (Phi) is 6.19. The number of carbonyl (C=O) groups is 1. The van der Waals surface area contributed by atoms with Crippen LogP contribution in [0.2, 0.25) is 0 Å². The van der Waals surface area contributed by atoms with Gasteiger partial charge in [0.1, 0.15) is 11.4 Å². The highest BCUT2D eigenvalue weighted by molar-refractivity contribution is 5.89. The summed E-state index contributed by atoms with van der Waals surface area (Å²) in [5.74, 6) is 0.284. The Morgan fingerprint density at radius 2 is 2.03 bits per heavy atom. The average molecular weight is 406 g/mol. The van der Waals surface area contributed by atoms with Crippen LogP contribution < -0.4 is 4.90 Å². The summed E-state index contributed by atoms with van der Waals surface area (Å²) < 4.78 is 32.0. The van der Waals surface area contributed by atoms with Crippen LogP contribution in [0.3, 0.4) is 0 Å². The van der Waals surface area contributed by atoms with E-state index in [2.05, 4.69) is 9.97 Å². The van der Waals surface area contributed by atoms with Gasteiger partial charge in [0.25, 0.3) is 6.43 Å². The third-order valence-electron chi connectivity index (χ3n) is 4.85. The predicted molar refractivity (Wildman–Crippen MR) is 108 cm³/mol. The van der Waals surface area contributed by atoms with E-state index in [9.17, 15) is 13.6 Å². The van der Waals surface area contributed by atoms with Crippen molar-refractivity contribution in [1.82, 2.24) is 14.9 Å². The fourth-order valence-corrected chi connectivity index (χ4v) is 3.62. The highest BCUT2D eigenvalue weighted by Gasteiger charge is 2.27. The molecule has 0 saturated carbocycles. The second kappa shape index (κ2) is 8.47. The molecule has 8 heteroatoms. The Labute approximate surface area is 169 Å². The second-order valence-electron chi connectivity index (χ2n) is 8.54. The quantitative estimate of drug-likeness (QED) is 0.740. The number of benzene rings is 1. The molecular formula is C21H28F2N4O2. The third-order valence-corrected chi connectivity index (χ3v) is 4.85. The summed E-state index contributed by atoms with van der Waals surface area (Å²) in [4.78, 5) is 24.1. The smallest absolute Gasteiger partial charge is 0.410 e. The molecule has 1 unspecified atom stereocenters. The molecule has 0 bridgehead atoms. The van der Waals surface area contributed by atoms with Crippen molar-refractivity contribution in [3.8, 4) is 0 Å². The van der Waals surface area contributed by atoms with E-state index in [1.54, 1.807) is 24.1 Å². The number of aromatic nitrogens is 2. The van der Waals surface area contributed by atoms with Gasteiger partial charge in [-0.3, -0.25) is 0 Å². The Hall–Kier alpha value is -2.51. The molecule has 158 valence electrons. The molecule has 1 aliphatic heterocycles. The van der Waals surface area contributed by atoms with Crippen molar-refractivity contribution in [2.24, 2.45) is 5.92 Å². The molecule has 0 aliphatic carbocycles. The van der Waals surface area contributed by atoms with Crippen LogP contribution in [0.4, 0.5) is 19.4 Å². The lowest BCUT2D eigenvalue weighted by atomic mass is 9.97.